The topological polar surface area (TPSA) is 98.8 Å². The van der Waals surface area contributed by atoms with Crippen LogP contribution >= 0.6 is 46.1 Å². The van der Waals surface area contributed by atoms with Crippen molar-refractivity contribution < 1.29 is 14.3 Å². The normalized spacial score (nSPS) is 11.0. The van der Waals surface area contributed by atoms with Gasteiger partial charge in [0.25, 0.3) is 5.91 Å². The highest BCUT2D eigenvalue weighted by atomic mass is 35.5. The van der Waals surface area contributed by atoms with Gasteiger partial charge in [-0.1, -0.05) is 53.1 Å². The minimum absolute atomic E-state index is 0.107. The molecule has 0 saturated heterocycles. The van der Waals surface area contributed by atoms with Crippen molar-refractivity contribution in [3.05, 3.63) is 67.1 Å². The van der Waals surface area contributed by atoms with Crippen LogP contribution in [0.3, 0.4) is 0 Å². The zero-order valence-electron chi connectivity index (χ0n) is 17.1. The molecular formula is C21H19Cl3N4O3S. The third-order valence-corrected chi connectivity index (χ3v) is 6.46. The summed E-state index contributed by atoms with van der Waals surface area (Å²) in [6.45, 7) is 2.01. The van der Waals surface area contributed by atoms with Gasteiger partial charge in [0.05, 0.1) is 29.1 Å². The number of aryl methyl sites for hydroxylation is 1. The Morgan fingerprint density at radius 1 is 1.22 bits per heavy atom. The number of amides is 1. The van der Waals surface area contributed by atoms with Gasteiger partial charge in [0.2, 0.25) is 0 Å². The second kappa shape index (κ2) is 10.9. The van der Waals surface area contributed by atoms with Crippen LogP contribution in [0.5, 0.6) is 11.5 Å². The molecule has 0 unspecified atom stereocenters. The van der Waals surface area contributed by atoms with Gasteiger partial charge in [0, 0.05) is 10.6 Å². The van der Waals surface area contributed by atoms with Crippen LogP contribution in [0.2, 0.25) is 15.1 Å². The fourth-order valence-corrected chi connectivity index (χ4v) is 4.21. The highest BCUT2D eigenvalue weighted by Gasteiger charge is 2.15. The molecule has 0 radical (unpaired) electrons. The highest BCUT2D eigenvalue weighted by Crippen LogP contribution is 2.34. The Bertz CT molecular complexity index is 1170. The van der Waals surface area contributed by atoms with Crippen molar-refractivity contribution in [2.45, 2.75) is 20.0 Å². The zero-order chi connectivity index (χ0) is 23.3. The van der Waals surface area contributed by atoms with Crippen molar-refractivity contribution in [3.63, 3.8) is 0 Å². The van der Waals surface area contributed by atoms with E-state index >= 15 is 0 Å². The standard InChI is InChI=1S/C21H19Cl3N4O3S/c1-3-15-19(32-21(25)27-15)20(29)28-26-9-11-4-7-16(17(8-11)30-2)31-10-12-13(22)5-6-14(23)18(12)24/h4-9H,3,10H2,1-2H3,(H2,25,27)(H,28,29). The number of carbonyl (C=O) groups is 1. The van der Waals surface area contributed by atoms with E-state index in [0.29, 0.717) is 59.8 Å². The van der Waals surface area contributed by atoms with Crippen LogP contribution in [0.1, 0.15) is 33.4 Å². The number of nitrogens with one attached hydrogen (secondary N) is 1. The summed E-state index contributed by atoms with van der Waals surface area (Å²) < 4.78 is 11.2. The van der Waals surface area contributed by atoms with Crippen molar-refractivity contribution in [3.8, 4) is 11.5 Å². The van der Waals surface area contributed by atoms with Gasteiger partial charge in [-0.25, -0.2) is 10.4 Å². The minimum Gasteiger partial charge on any atom is -0.493 e. The van der Waals surface area contributed by atoms with Crippen molar-refractivity contribution in [2.75, 3.05) is 12.8 Å². The fraction of sp³-hybridized carbons (Fsp3) is 0.190. The molecule has 0 fully saturated rings. The molecule has 1 aromatic heterocycles. The van der Waals surface area contributed by atoms with Crippen molar-refractivity contribution in [1.82, 2.24) is 10.4 Å². The van der Waals surface area contributed by atoms with Gasteiger partial charge in [-0.05, 0) is 42.3 Å². The van der Waals surface area contributed by atoms with E-state index < -0.39 is 0 Å². The maximum Gasteiger partial charge on any atom is 0.283 e. The number of carbonyl (C=O) groups excluding carboxylic acids is 1. The number of methoxy groups -OCH3 is 1. The summed E-state index contributed by atoms with van der Waals surface area (Å²) in [7, 11) is 1.52. The van der Waals surface area contributed by atoms with Gasteiger partial charge in [-0.2, -0.15) is 5.10 Å². The quantitative estimate of drug-likeness (QED) is 0.232. The summed E-state index contributed by atoms with van der Waals surface area (Å²) in [4.78, 5) is 16.9. The molecule has 2 aromatic carbocycles. The highest BCUT2D eigenvalue weighted by molar-refractivity contribution is 7.17. The molecule has 0 aliphatic heterocycles. The van der Waals surface area contributed by atoms with Crippen LogP contribution in [0, 0.1) is 0 Å². The summed E-state index contributed by atoms with van der Waals surface area (Å²) in [6, 6.07) is 8.47. The number of benzene rings is 2. The van der Waals surface area contributed by atoms with Crippen LogP contribution in [0.4, 0.5) is 5.13 Å². The summed E-state index contributed by atoms with van der Waals surface area (Å²) in [6.07, 6.45) is 2.09. The van der Waals surface area contributed by atoms with Crippen LogP contribution in [-0.2, 0) is 13.0 Å². The Kier molecular flexibility index (Phi) is 8.20. The number of ether oxygens (including phenoxy) is 2. The average Bonchev–Trinajstić information content (AvgIpc) is 3.17. The first-order valence-corrected chi connectivity index (χ1v) is 11.3. The van der Waals surface area contributed by atoms with Crippen LogP contribution in [-0.4, -0.2) is 24.2 Å². The minimum atomic E-state index is -0.366. The first-order chi connectivity index (χ1) is 15.3. The molecule has 0 saturated carbocycles. The first-order valence-electron chi connectivity index (χ1n) is 9.35. The Morgan fingerprint density at radius 3 is 2.69 bits per heavy atom. The number of thiazole rings is 1. The molecular weight excluding hydrogens is 495 g/mol. The van der Waals surface area contributed by atoms with E-state index in [1.54, 1.807) is 30.3 Å². The molecule has 0 atom stereocenters. The summed E-state index contributed by atoms with van der Waals surface area (Å²) in [5, 5.41) is 5.53. The molecule has 168 valence electrons. The largest absolute Gasteiger partial charge is 0.493 e. The van der Waals surface area contributed by atoms with Crippen molar-refractivity contribution >= 4 is 63.4 Å². The Labute approximate surface area is 204 Å². The number of nitrogen functional groups attached to an aromatic ring is 1. The molecule has 32 heavy (non-hydrogen) atoms. The van der Waals surface area contributed by atoms with Crippen LogP contribution < -0.4 is 20.6 Å². The van der Waals surface area contributed by atoms with Crippen LogP contribution in [0.25, 0.3) is 0 Å². The second-order valence-electron chi connectivity index (χ2n) is 6.40. The van der Waals surface area contributed by atoms with E-state index in [4.69, 9.17) is 50.0 Å². The van der Waals surface area contributed by atoms with E-state index in [2.05, 4.69) is 15.5 Å². The number of rotatable bonds is 8. The second-order valence-corrected chi connectivity index (χ2v) is 8.62. The van der Waals surface area contributed by atoms with E-state index in [1.165, 1.54) is 13.3 Å². The van der Waals surface area contributed by atoms with Gasteiger partial charge in [0.15, 0.2) is 16.6 Å². The number of hydrogen-bond donors (Lipinski definition) is 2. The Hall–Kier alpha value is -2.52. The lowest BCUT2D eigenvalue weighted by atomic mass is 10.2. The smallest absolute Gasteiger partial charge is 0.283 e. The molecule has 7 nitrogen and oxygen atoms in total. The molecule has 1 amide bonds. The lowest BCUT2D eigenvalue weighted by Crippen LogP contribution is -2.17. The summed E-state index contributed by atoms with van der Waals surface area (Å²) in [5.41, 5.74) is 10.1. The Balaban J connectivity index is 1.68. The molecule has 3 aromatic rings. The number of nitrogens with two attached hydrogens (primary N) is 1. The van der Waals surface area contributed by atoms with Crippen molar-refractivity contribution in [2.24, 2.45) is 5.10 Å². The zero-order valence-corrected chi connectivity index (χ0v) is 20.2. The third kappa shape index (κ3) is 5.63. The third-order valence-electron chi connectivity index (χ3n) is 4.33. The molecule has 0 bridgehead atoms. The van der Waals surface area contributed by atoms with Gasteiger partial charge in [0.1, 0.15) is 11.5 Å². The Morgan fingerprint density at radius 2 is 1.97 bits per heavy atom. The van der Waals surface area contributed by atoms with Gasteiger partial charge >= 0.3 is 0 Å². The van der Waals surface area contributed by atoms with E-state index in [9.17, 15) is 4.79 Å². The first kappa shape index (κ1) is 24.1. The van der Waals surface area contributed by atoms with Gasteiger partial charge in [-0.3, -0.25) is 4.79 Å². The van der Waals surface area contributed by atoms with E-state index in [0.717, 1.165) is 11.3 Å². The molecule has 3 rings (SSSR count). The average molecular weight is 514 g/mol. The molecule has 0 aliphatic rings. The van der Waals surface area contributed by atoms with Crippen molar-refractivity contribution in [1.29, 1.82) is 0 Å². The predicted octanol–water partition coefficient (Wildman–Crippen LogP) is 5.60. The molecule has 0 aliphatic carbocycles. The number of anilines is 1. The van der Waals surface area contributed by atoms with E-state index in [-0.39, 0.29) is 12.5 Å². The fourth-order valence-electron chi connectivity index (χ4n) is 2.74. The van der Waals surface area contributed by atoms with E-state index in [1.807, 2.05) is 6.92 Å². The molecule has 1 heterocycles. The summed E-state index contributed by atoms with van der Waals surface area (Å²) >= 11 is 19.6. The molecule has 11 heteroatoms. The van der Waals surface area contributed by atoms with Gasteiger partial charge in [-0.15, -0.1) is 0 Å². The van der Waals surface area contributed by atoms with Crippen LogP contribution in [0.15, 0.2) is 35.4 Å². The number of halogens is 3. The lowest BCUT2D eigenvalue weighted by molar-refractivity contribution is 0.0958. The lowest BCUT2D eigenvalue weighted by Gasteiger charge is -2.13. The number of hydrogen-bond acceptors (Lipinski definition) is 7. The molecule has 3 N–H and O–H groups in total. The number of nitrogens with zero attached hydrogens (tertiary/aromatic N) is 2. The van der Waals surface area contributed by atoms with Gasteiger partial charge < -0.3 is 15.2 Å². The maximum absolute atomic E-state index is 12.3. The number of aromatic nitrogens is 1. The summed E-state index contributed by atoms with van der Waals surface area (Å²) in [5.74, 6) is 0.584. The monoisotopic (exact) mass is 512 g/mol. The number of hydrazone groups is 1. The molecule has 0 spiro atoms. The SMILES string of the molecule is CCc1nc(N)sc1C(=O)NN=Cc1ccc(OCc2c(Cl)ccc(Cl)c2Cl)c(OC)c1. The predicted molar refractivity (Wildman–Crippen MR) is 130 cm³/mol. The maximum atomic E-state index is 12.3.